The molecule has 0 unspecified atom stereocenters. The zero-order valence-electron chi connectivity index (χ0n) is 17.6. The van der Waals surface area contributed by atoms with Gasteiger partial charge in [0, 0.05) is 5.69 Å². The second-order valence-corrected chi connectivity index (χ2v) is 7.15. The number of carbonyl (C=O) groups is 2. The number of ether oxygens (including phenoxy) is 1. The van der Waals surface area contributed by atoms with Crippen molar-refractivity contribution in [1.82, 2.24) is 0 Å². The highest BCUT2D eigenvalue weighted by molar-refractivity contribution is 5.97. The predicted octanol–water partition coefficient (Wildman–Crippen LogP) is 3.37. The molecule has 5 N–H and O–H groups in total. The minimum Gasteiger partial charge on any atom is -0.494 e. The lowest BCUT2D eigenvalue weighted by Gasteiger charge is -2.20. The summed E-state index contributed by atoms with van der Waals surface area (Å²) in [6, 6.07) is 17.5. The largest absolute Gasteiger partial charge is 0.494 e. The van der Waals surface area contributed by atoms with Crippen LogP contribution >= 0.6 is 0 Å². The lowest BCUT2D eigenvalue weighted by Crippen LogP contribution is -2.51. The summed E-state index contributed by atoms with van der Waals surface area (Å²) in [5, 5.41) is 18.9. The number of amides is 1. The maximum absolute atomic E-state index is 11.9. The third kappa shape index (κ3) is 10.3. The number of aliphatic hydroxyl groups excluding tert-OH is 1. The maximum Gasteiger partial charge on any atom is 0.490 e. The third-order valence-electron chi connectivity index (χ3n) is 4.17. The average molecular weight is 456 g/mol. The van der Waals surface area contributed by atoms with E-state index in [4.69, 9.17) is 25.5 Å². The summed E-state index contributed by atoms with van der Waals surface area (Å²) in [6.07, 6.45) is -1.97. The number of benzene rings is 2. The van der Waals surface area contributed by atoms with Crippen LogP contribution in [0.3, 0.4) is 0 Å². The number of alkyl halides is 3. The van der Waals surface area contributed by atoms with Gasteiger partial charge in [0.05, 0.1) is 13.2 Å². The van der Waals surface area contributed by atoms with Gasteiger partial charge in [0.15, 0.2) is 0 Å². The van der Waals surface area contributed by atoms with Crippen LogP contribution in [0.5, 0.6) is 5.75 Å². The molecular weight excluding hydrogens is 429 g/mol. The van der Waals surface area contributed by atoms with Gasteiger partial charge in [-0.15, -0.1) is 0 Å². The van der Waals surface area contributed by atoms with E-state index in [1.54, 1.807) is 24.3 Å². The molecule has 2 aromatic rings. The molecule has 0 saturated carbocycles. The van der Waals surface area contributed by atoms with Crippen LogP contribution in [0.1, 0.15) is 25.3 Å². The Hall–Kier alpha value is -3.11. The summed E-state index contributed by atoms with van der Waals surface area (Å²) in [4.78, 5) is 20.8. The van der Waals surface area contributed by atoms with E-state index in [0.717, 1.165) is 25.0 Å². The first-order valence-electron chi connectivity index (χ1n) is 9.74. The van der Waals surface area contributed by atoms with E-state index < -0.39 is 30.2 Å². The van der Waals surface area contributed by atoms with Gasteiger partial charge >= 0.3 is 12.1 Å². The molecular formula is C22H27F3N2O5. The van der Waals surface area contributed by atoms with Crippen LogP contribution in [-0.2, 0) is 16.0 Å². The molecule has 10 heteroatoms. The number of nitrogens with two attached hydrogens (primary N) is 1. The molecule has 0 aliphatic carbocycles. The third-order valence-corrected chi connectivity index (χ3v) is 4.17. The van der Waals surface area contributed by atoms with Crippen LogP contribution in [0.2, 0.25) is 0 Å². The Morgan fingerprint density at radius 3 is 2.09 bits per heavy atom. The lowest BCUT2D eigenvalue weighted by atomic mass is 10.0. The van der Waals surface area contributed by atoms with Crippen molar-refractivity contribution in [3.63, 3.8) is 0 Å². The molecule has 2 rings (SSSR count). The Morgan fingerprint density at radius 1 is 1.03 bits per heavy atom. The molecule has 176 valence electrons. The van der Waals surface area contributed by atoms with Gasteiger partial charge in [-0.05, 0) is 56.0 Å². The number of halogens is 3. The second-order valence-electron chi connectivity index (χ2n) is 7.15. The van der Waals surface area contributed by atoms with Crippen molar-refractivity contribution in [2.24, 2.45) is 5.73 Å². The molecule has 0 fully saturated rings. The summed E-state index contributed by atoms with van der Waals surface area (Å²) < 4.78 is 37.5. The Labute approximate surface area is 184 Å². The standard InChI is InChI=1S/C20H26N2O3.C2HF3O2/c1-20(21,15-23)19(24)22-17-10-12-18(13-11-17)25-14-6-5-9-16-7-3-2-4-8-16;3-2(4,5)1(6)7/h2-4,7-8,10-13,23H,5-6,9,14-15,21H2,1H3,(H,22,24);(H,6,7)/t20-;/m0./s1. The molecule has 0 saturated heterocycles. The number of carboxylic acids is 1. The van der Waals surface area contributed by atoms with Gasteiger partial charge in [0.25, 0.3) is 0 Å². The first-order chi connectivity index (χ1) is 15.0. The number of nitrogens with one attached hydrogen (secondary N) is 1. The fourth-order valence-electron chi connectivity index (χ4n) is 2.25. The van der Waals surface area contributed by atoms with Crippen LogP contribution in [0, 0.1) is 0 Å². The SMILES string of the molecule is C[C@](N)(CO)C(=O)Nc1ccc(OCCCCc2ccccc2)cc1.O=C(O)C(F)(F)F. The van der Waals surface area contributed by atoms with Gasteiger partial charge < -0.3 is 26.0 Å². The monoisotopic (exact) mass is 456 g/mol. The van der Waals surface area contributed by atoms with Crippen LogP contribution in [0.25, 0.3) is 0 Å². The zero-order chi connectivity index (χ0) is 24.2. The molecule has 0 spiro atoms. The number of unbranched alkanes of at least 4 members (excludes halogenated alkanes) is 1. The number of hydrogen-bond acceptors (Lipinski definition) is 5. The number of aliphatic carboxylic acids is 1. The van der Waals surface area contributed by atoms with E-state index in [9.17, 15) is 18.0 Å². The van der Waals surface area contributed by atoms with E-state index in [2.05, 4.69) is 29.6 Å². The Bertz CT molecular complexity index is 841. The molecule has 0 aromatic heterocycles. The number of anilines is 1. The van der Waals surface area contributed by atoms with E-state index >= 15 is 0 Å². The quantitative estimate of drug-likeness (QED) is 0.429. The second kappa shape index (κ2) is 12.7. The number of rotatable bonds is 9. The molecule has 2 aromatic carbocycles. The highest BCUT2D eigenvalue weighted by Gasteiger charge is 2.38. The maximum atomic E-state index is 11.9. The summed E-state index contributed by atoms with van der Waals surface area (Å²) >= 11 is 0. The van der Waals surface area contributed by atoms with Crippen molar-refractivity contribution in [1.29, 1.82) is 0 Å². The molecule has 0 aliphatic rings. The molecule has 32 heavy (non-hydrogen) atoms. The Morgan fingerprint density at radius 2 is 1.59 bits per heavy atom. The van der Waals surface area contributed by atoms with Gasteiger partial charge in [-0.2, -0.15) is 13.2 Å². The first kappa shape index (κ1) is 26.9. The number of hydrogen-bond donors (Lipinski definition) is 4. The summed E-state index contributed by atoms with van der Waals surface area (Å²) in [5.41, 5.74) is 6.35. The van der Waals surface area contributed by atoms with Crippen molar-refractivity contribution in [3.05, 3.63) is 60.2 Å². The summed E-state index contributed by atoms with van der Waals surface area (Å²) in [6.45, 7) is 1.72. The molecule has 1 amide bonds. The van der Waals surface area contributed by atoms with Gasteiger partial charge in [0.2, 0.25) is 5.91 Å². The Kier molecular flexibility index (Phi) is 10.7. The lowest BCUT2D eigenvalue weighted by molar-refractivity contribution is -0.192. The minimum atomic E-state index is -5.08. The predicted molar refractivity (Wildman–Crippen MR) is 113 cm³/mol. The van der Waals surface area contributed by atoms with Crippen molar-refractivity contribution >= 4 is 17.6 Å². The van der Waals surface area contributed by atoms with Crippen molar-refractivity contribution in [2.75, 3.05) is 18.5 Å². The first-order valence-corrected chi connectivity index (χ1v) is 9.74. The van der Waals surface area contributed by atoms with Crippen molar-refractivity contribution in [3.8, 4) is 5.75 Å². The van der Waals surface area contributed by atoms with E-state index in [1.807, 2.05) is 6.07 Å². The van der Waals surface area contributed by atoms with Gasteiger partial charge in [0.1, 0.15) is 11.3 Å². The van der Waals surface area contributed by atoms with Gasteiger partial charge in [-0.1, -0.05) is 30.3 Å². The number of carbonyl (C=O) groups excluding carboxylic acids is 1. The molecule has 0 heterocycles. The fourth-order valence-corrected chi connectivity index (χ4v) is 2.25. The van der Waals surface area contributed by atoms with Crippen LogP contribution in [-0.4, -0.2) is 47.0 Å². The van der Waals surface area contributed by atoms with E-state index in [-0.39, 0.29) is 0 Å². The van der Waals surface area contributed by atoms with E-state index in [1.165, 1.54) is 12.5 Å². The number of aliphatic hydroxyl groups is 1. The summed E-state index contributed by atoms with van der Waals surface area (Å²) in [7, 11) is 0. The molecule has 0 aliphatic heterocycles. The van der Waals surface area contributed by atoms with Crippen LogP contribution in [0.15, 0.2) is 54.6 Å². The smallest absolute Gasteiger partial charge is 0.490 e. The molecule has 0 bridgehead atoms. The molecule has 7 nitrogen and oxygen atoms in total. The summed E-state index contributed by atoms with van der Waals surface area (Å²) in [5.74, 6) is -2.42. The topological polar surface area (TPSA) is 122 Å². The Balaban J connectivity index is 0.000000633. The zero-order valence-corrected chi connectivity index (χ0v) is 17.6. The van der Waals surface area contributed by atoms with Crippen LogP contribution in [0.4, 0.5) is 18.9 Å². The van der Waals surface area contributed by atoms with E-state index in [0.29, 0.717) is 12.3 Å². The van der Waals surface area contributed by atoms with Crippen molar-refractivity contribution < 1.29 is 37.7 Å². The van der Waals surface area contributed by atoms with Gasteiger partial charge in [-0.3, -0.25) is 4.79 Å². The average Bonchev–Trinajstić information content (AvgIpc) is 2.75. The number of aryl methyl sites for hydroxylation is 1. The molecule has 0 radical (unpaired) electrons. The minimum absolute atomic E-state index is 0.414. The van der Waals surface area contributed by atoms with Gasteiger partial charge in [-0.25, -0.2) is 4.79 Å². The highest BCUT2D eigenvalue weighted by atomic mass is 19.4. The van der Waals surface area contributed by atoms with Crippen LogP contribution < -0.4 is 15.8 Å². The fraction of sp³-hybridized carbons (Fsp3) is 0.364. The highest BCUT2D eigenvalue weighted by Crippen LogP contribution is 2.17. The molecule has 1 atom stereocenters. The number of carboxylic acid groups (broad SMARTS) is 1. The van der Waals surface area contributed by atoms with Crippen molar-refractivity contribution in [2.45, 2.75) is 37.9 Å². The normalized spacial score (nSPS) is 12.7.